The van der Waals surface area contributed by atoms with E-state index in [2.05, 4.69) is 9.97 Å². The number of pyridine rings is 2. The molecule has 1 radical (unpaired) electrons. The van der Waals surface area contributed by atoms with Crippen LogP contribution in [0.2, 0.25) is 0 Å². The smallest absolute Gasteiger partial charge is 0.545 e. The van der Waals surface area contributed by atoms with Gasteiger partial charge in [-0.3, -0.25) is 9.97 Å². The molecule has 0 saturated heterocycles. The van der Waals surface area contributed by atoms with E-state index in [0.717, 1.165) is 0 Å². The number of carbonyl (C=O) groups excluding carboxylic acids is 2. The molecular weight excluding hydrogens is 300 g/mol. The van der Waals surface area contributed by atoms with Crippen LogP contribution in [0.3, 0.4) is 0 Å². The van der Waals surface area contributed by atoms with E-state index in [-0.39, 0.29) is 28.2 Å². The zero-order chi connectivity index (χ0) is 13.4. The molecule has 101 valence electrons. The summed E-state index contributed by atoms with van der Waals surface area (Å²) in [4.78, 5) is 27.4. The van der Waals surface area contributed by atoms with Gasteiger partial charge in [-0.05, 0) is 24.3 Å². The number of hydrogen-bond donors (Lipinski definition) is 0. The number of aromatic carboxylic acids is 2. The predicted octanol–water partition coefficient (Wildman–Crippen LogP) is -1.11. The summed E-state index contributed by atoms with van der Waals surface area (Å²) < 4.78 is 0. The first kappa shape index (κ1) is 16.8. The summed E-state index contributed by atoms with van der Waals surface area (Å²) in [7, 11) is 0. The number of carboxylic acids is 2. The molecule has 19 heavy (non-hydrogen) atoms. The molecule has 0 unspecified atom stereocenters. The van der Waals surface area contributed by atoms with Crippen molar-refractivity contribution < 1.29 is 36.9 Å². The average molecular weight is 308 g/mol. The standard InChI is InChI=1S/2C6H5NO2.Cu/c2*8-6(9)5-1-3-7-4-2-5;/h2*1-4H,(H,8,9);/q;;+2/p-2. The molecule has 0 spiro atoms. The van der Waals surface area contributed by atoms with Gasteiger partial charge in [0, 0.05) is 35.9 Å². The van der Waals surface area contributed by atoms with Crippen molar-refractivity contribution in [3.8, 4) is 0 Å². The van der Waals surface area contributed by atoms with Gasteiger partial charge in [0.15, 0.2) is 0 Å². The summed E-state index contributed by atoms with van der Waals surface area (Å²) in [5.74, 6) is -2.34. The Morgan fingerprint density at radius 3 is 1.16 bits per heavy atom. The van der Waals surface area contributed by atoms with Crippen molar-refractivity contribution in [2.75, 3.05) is 0 Å². The largest absolute Gasteiger partial charge is 2.00 e. The van der Waals surface area contributed by atoms with E-state index < -0.39 is 11.9 Å². The fraction of sp³-hybridized carbons (Fsp3) is 0. The van der Waals surface area contributed by atoms with Crippen LogP contribution in [0, 0.1) is 0 Å². The zero-order valence-corrected chi connectivity index (χ0v) is 10.4. The normalized spacial score (nSPS) is 8.42. The van der Waals surface area contributed by atoms with E-state index in [1.807, 2.05) is 0 Å². The van der Waals surface area contributed by atoms with Gasteiger partial charge in [-0.15, -0.1) is 0 Å². The maximum Gasteiger partial charge on any atom is 2.00 e. The van der Waals surface area contributed by atoms with E-state index in [9.17, 15) is 19.8 Å². The molecule has 0 N–H and O–H groups in total. The van der Waals surface area contributed by atoms with Crippen molar-refractivity contribution in [2.45, 2.75) is 0 Å². The van der Waals surface area contributed by atoms with Gasteiger partial charge in [-0.25, -0.2) is 0 Å². The molecule has 0 bridgehead atoms. The molecule has 2 heterocycles. The summed E-state index contributed by atoms with van der Waals surface area (Å²) in [6, 6.07) is 5.54. The summed E-state index contributed by atoms with van der Waals surface area (Å²) >= 11 is 0. The second-order valence-corrected chi connectivity index (χ2v) is 3.05. The maximum absolute atomic E-state index is 10.1. The van der Waals surface area contributed by atoms with Gasteiger partial charge < -0.3 is 19.8 Å². The fourth-order valence-corrected chi connectivity index (χ4v) is 0.976. The Labute approximate surface area is 119 Å². The number of aromatic nitrogens is 2. The van der Waals surface area contributed by atoms with Crippen LogP contribution in [-0.4, -0.2) is 21.9 Å². The fourth-order valence-electron chi connectivity index (χ4n) is 0.976. The number of carboxylic acid groups (broad SMARTS) is 2. The minimum Gasteiger partial charge on any atom is -0.545 e. The molecule has 6 nitrogen and oxygen atoms in total. The van der Waals surface area contributed by atoms with Gasteiger partial charge in [0.05, 0.1) is 11.9 Å². The Morgan fingerprint density at radius 1 is 0.737 bits per heavy atom. The van der Waals surface area contributed by atoms with Crippen LogP contribution < -0.4 is 10.2 Å². The van der Waals surface area contributed by atoms with Crippen LogP contribution in [-0.2, 0) is 17.1 Å². The minimum absolute atomic E-state index is 0. The van der Waals surface area contributed by atoms with Gasteiger partial charge in [-0.2, -0.15) is 0 Å². The van der Waals surface area contributed by atoms with Crippen molar-refractivity contribution in [2.24, 2.45) is 0 Å². The van der Waals surface area contributed by atoms with Gasteiger partial charge in [-0.1, -0.05) is 0 Å². The summed E-state index contributed by atoms with van der Waals surface area (Å²) in [6.07, 6.45) is 5.63. The first-order chi connectivity index (χ1) is 8.61. The second kappa shape index (κ2) is 8.79. The quantitative estimate of drug-likeness (QED) is 0.651. The first-order valence-corrected chi connectivity index (χ1v) is 4.84. The zero-order valence-electron chi connectivity index (χ0n) is 9.45. The summed E-state index contributed by atoms with van der Waals surface area (Å²) in [6.45, 7) is 0. The first-order valence-electron chi connectivity index (χ1n) is 4.84. The van der Waals surface area contributed by atoms with Gasteiger partial charge >= 0.3 is 17.1 Å². The van der Waals surface area contributed by atoms with E-state index in [0.29, 0.717) is 0 Å². The Hall–Kier alpha value is -2.24. The molecule has 0 aliphatic rings. The Bertz CT molecular complexity index is 470. The van der Waals surface area contributed by atoms with E-state index >= 15 is 0 Å². The minimum atomic E-state index is -1.17. The molecule has 2 rings (SSSR count). The number of carbonyl (C=O) groups is 2. The van der Waals surface area contributed by atoms with Crippen molar-refractivity contribution in [1.29, 1.82) is 0 Å². The molecule has 0 aliphatic heterocycles. The van der Waals surface area contributed by atoms with Gasteiger partial charge in [0.25, 0.3) is 0 Å². The Balaban J connectivity index is 0.000000324. The number of rotatable bonds is 2. The molecule has 0 fully saturated rings. The van der Waals surface area contributed by atoms with Crippen LogP contribution in [0.1, 0.15) is 20.7 Å². The monoisotopic (exact) mass is 307 g/mol. The molecule has 0 aromatic carbocycles. The topological polar surface area (TPSA) is 106 Å². The summed E-state index contributed by atoms with van der Waals surface area (Å²) in [5.41, 5.74) is 0.315. The van der Waals surface area contributed by atoms with E-state index in [4.69, 9.17) is 0 Å². The molecule has 0 atom stereocenters. The molecular formula is C12H8CuN2O4. The third-order valence-electron chi connectivity index (χ3n) is 1.83. The van der Waals surface area contributed by atoms with Crippen molar-refractivity contribution in [3.05, 3.63) is 60.2 Å². The van der Waals surface area contributed by atoms with Crippen molar-refractivity contribution in [1.82, 2.24) is 9.97 Å². The predicted molar refractivity (Wildman–Crippen MR) is 57.1 cm³/mol. The van der Waals surface area contributed by atoms with Crippen LogP contribution in [0.25, 0.3) is 0 Å². The second-order valence-electron chi connectivity index (χ2n) is 3.05. The maximum atomic E-state index is 10.1. The molecule has 0 amide bonds. The average Bonchev–Trinajstić information content (AvgIpc) is 2.41. The molecule has 0 saturated carbocycles. The third-order valence-corrected chi connectivity index (χ3v) is 1.83. The van der Waals surface area contributed by atoms with Crippen LogP contribution >= 0.6 is 0 Å². The SMILES string of the molecule is O=C([O-])c1ccncc1.O=C([O-])c1ccncc1.[Cu+2]. The van der Waals surface area contributed by atoms with Crippen LogP contribution in [0.15, 0.2) is 49.1 Å². The molecule has 7 heteroatoms. The van der Waals surface area contributed by atoms with Gasteiger partial charge in [0.1, 0.15) is 0 Å². The molecule has 2 aromatic heterocycles. The Morgan fingerprint density at radius 2 is 1.00 bits per heavy atom. The van der Waals surface area contributed by atoms with Crippen molar-refractivity contribution in [3.63, 3.8) is 0 Å². The third kappa shape index (κ3) is 6.30. The number of hydrogen-bond acceptors (Lipinski definition) is 6. The Kier molecular flexibility index (Phi) is 7.76. The molecule has 2 aromatic rings. The van der Waals surface area contributed by atoms with Crippen LogP contribution in [0.5, 0.6) is 0 Å². The van der Waals surface area contributed by atoms with E-state index in [1.165, 1.54) is 49.1 Å². The number of nitrogens with zero attached hydrogens (tertiary/aromatic N) is 2. The van der Waals surface area contributed by atoms with Gasteiger partial charge in [0.2, 0.25) is 0 Å². The summed E-state index contributed by atoms with van der Waals surface area (Å²) in [5, 5.41) is 20.1. The van der Waals surface area contributed by atoms with E-state index in [1.54, 1.807) is 0 Å². The van der Waals surface area contributed by atoms with Crippen molar-refractivity contribution >= 4 is 11.9 Å². The molecule has 0 aliphatic carbocycles. The van der Waals surface area contributed by atoms with Crippen LogP contribution in [0.4, 0.5) is 0 Å².